The van der Waals surface area contributed by atoms with E-state index in [1.807, 2.05) is 42.5 Å². The fraction of sp³-hybridized carbons (Fsp3) is 0.278. The molecule has 0 saturated heterocycles. The second-order valence-electron chi connectivity index (χ2n) is 5.04. The molecular formula is C18H22ClN3O. The molecule has 4 nitrogen and oxygen atoms in total. The average molecular weight is 332 g/mol. The van der Waals surface area contributed by atoms with E-state index in [4.69, 9.17) is 16.3 Å². The highest BCUT2D eigenvalue weighted by Crippen LogP contribution is 2.16. The Bertz CT molecular complexity index is 658. The SMILES string of the molecule is CN=C(NCCc1cccc(Cl)c1)NCc1ccccc1OC. The fourth-order valence-electron chi connectivity index (χ4n) is 2.27. The third-order valence-electron chi connectivity index (χ3n) is 3.46. The molecule has 0 heterocycles. The van der Waals surface area contributed by atoms with E-state index in [9.17, 15) is 0 Å². The van der Waals surface area contributed by atoms with Crippen molar-refractivity contribution in [1.82, 2.24) is 10.6 Å². The van der Waals surface area contributed by atoms with Crippen molar-refractivity contribution in [2.45, 2.75) is 13.0 Å². The number of nitrogens with one attached hydrogen (secondary N) is 2. The van der Waals surface area contributed by atoms with E-state index in [0.29, 0.717) is 6.54 Å². The molecule has 5 heteroatoms. The first kappa shape index (κ1) is 17.2. The van der Waals surface area contributed by atoms with Crippen LogP contribution in [0.5, 0.6) is 5.75 Å². The van der Waals surface area contributed by atoms with Crippen molar-refractivity contribution in [2.24, 2.45) is 4.99 Å². The summed E-state index contributed by atoms with van der Waals surface area (Å²) in [6.07, 6.45) is 0.885. The van der Waals surface area contributed by atoms with E-state index in [-0.39, 0.29) is 0 Å². The largest absolute Gasteiger partial charge is 0.496 e. The first-order valence-electron chi connectivity index (χ1n) is 7.54. The zero-order valence-corrected chi connectivity index (χ0v) is 14.2. The van der Waals surface area contributed by atoms with Crippen molar-refractivity contribution in [3.05, 3.63) is 64.7 Å². The third-order valence-corrected chi connectivity index (χ3v) is 3.69. The van der Waals surface area contributed by atoms with Crippen molar-refractivity contribution < 1.29 is 4.74 Å². The summed E-state index contributed by atoms with van der Waals surface area (Å²) in [6, 6.07) is 15.8. The molecule has 0 spiro atoms. The lowest BCUT2D eigenvalue weighted by molar-refractivity contribution is 0.409. The Morgan fingerprint density at radius 3 is 2.70 bits per heavy atom. The van der Waals surface area contributed by atoms with Crippen molar-refractivity contribution in [1.29, 1.82) is 0 Å². The van der Waals surface area contributed by atoms with Gasteiger partial charge < -0.3 is 15.4 Å². The predicted molar refractivity (Wildman–Crippen MR) is 96.4 cm³/mol. The highest BCUT2D eigenvalue weighted by atomic mass is 35.5. The second kappa shape index (κ2) is 9.06. The average Bonchev–Trinajstić information content (AvgIpc) is 2.58. The minimum Gasteiger partial charge on any atom is -0.496 e. The third kappa shape index (κ3) is 5.49. The van der Waals surface area contributed by atoms with Crippen LogP contribution in [0.15, 0.2) is 53.5 Å². The number of para-hydroxylation sites is 1. The number of hydrogen-bond acceptors (Lipinski definition) is 2. The van der Waals surface area contributed by atoms with Gasteiger partial charge in [0.25, 0.3) is 0 Å². The molecule has 0 aliphatic rings. The van der Waals surface area contributed by atoms with E-state index in [1.165, 1.54) is 5.56 Å². The van der Waals surface area contributed by atoms with Crippen molar-refractivity contribution in [2.75, 3.05) is 20.7 Å². The first-order valence-corrected chi connectivity index (χ1v) is 7.91. The molecular weight excluding hydrogens is 310 g/mol. The lowest BCUT2D eigenvalue weighted by atomic mass is 10.1. The van der Waals surface area contributed by atoms with Crippen molar-refractivity contribution in [3.63, 3.8) is 0 Å². The smallest absolute Gasteiger partial charge is 0.191 e. The number of ether oxygens (including phenoxy) is 1. The Morgan fingerprint density at radius 1 is 1.13 bits per heavy atom. The normalized spacial score (nSPS) is 11.2. The summed E-state index contributed by atoms with van der Waals surface area (Å²) >= 11 is 5.99. The fourth-order valence-corrected chi connectivity index (χ4v) is 2.48. The van der Waals surface area contributed by atoms with Crippen LogP contribution in [-0.2, 0) is 13.0 Å². The molecule has 0 saturated carbocycles. The molecule has 0 amide bonds. The van der Waals surface area contributed by atoms with E-state index >= 15 is 0 Å². The van der Waals surface area contributed by atoms with Crippen LogP contribution in [-0.4, -0.2) is 26.7 Å². The molecule has 2 rings (SSSR count). The van der Waals surface area contributed by atoms with E-state index in [0.717, 1.165) is 35.3 Å². The Hall–Kier alpha value is -2.20. The van der Waals surface area contributed by atoms with Gasteiger partial charge in [-0.15, -0.1) is 0 Å². The monoisotopic (exact) mass is 331 g/mol. The number of guanidine groups is 1. The van der Waals surface area contributed by atoms with Crippen LogP contribution in [0.2, 0.25) is 5.02 Å². The topological polar surface area (TPSA) is 45.7 Å². The molecule has 0 fully saturated rings. The molecule has 0 aliphatic carbocycles. The maximum absolute atomic E-state index is 5.99. The van der Waals surface area contributed by atoms with Crippen molar-refractivity contribution in [3.8, 4) is 5.75 Å². The van der Waals surface area contributed by atoms with Crippen LogP contribution in [0.3, 0.4) is 0 Å². The second-order valence-corrected chi connectivity index (χ2v) is 5.48. The Balaban J connectivity index is 1.82. The summed E-state index contributed by atoms with van der Waals surface area (Å²) in [4.78, 5) is 4.23. The summed E-state index contributed by atoms with van der Waals surface area (Å²) < 4.78 is 5.35. The molecule has 0 aliphatic heterocycles. The van der Waals surface area contributed by atoms with E-state index in [1.54, 1.807) is 14.2 Å². The van der Waals surface area contributed by atoms with Gasteiger partial charge >= 0.3 is 0 Å². The standard InChI is InChI=1S/C18H22ClN3O/c1-20-18(21-11-10-14-6-5-8-16(19)12-14)22-13-15-7-3-4-9-17(15)23-2/h3-9,12H,10-11,13H2,1-2H3,(H2,20,21,22). The molecule has 2 aromatic rings. The molecule has 0 atom stereocenters. The highest BCUT2D eigenvalue weighted by Gasteiger charge is 2.03. The Morgan fingerprint density at radius 2 is 1.96 bits per heavy atom. The van der Waals surface area contributed by atoms with E-state index < -0.39 is 0 Å². The Labute approximate surface area is 142 Å². The minimum atomic E-state index is 0.654. The van der Waals surface area contributed by atoms with Crippen molar-refractivity contribution >= 4 is 17.6 Å². The molecule has 23 heavy (non-hydrogen) atoms. The van der Waals surface area contributed by atoms with Gasteiger partial charge in [0.2, 0.25) is 0 Å². The molecule has 0 unspecified atom stereocenters. The first-order chi connectivity index (χ1) is 11.2. The van der Waals surface area contributed by atoms with Gasteiger partial charge in [0.15, 0.2) is 5.96 Å². The van der Waals surface area contributed by atoms with E-state index in [2.05, 4.69) is 21.7 Å². The van der Waals surface area contributed by atoms with Crippen LogP contribution in [0.25, 0.3) is 0 Å². The van der Waals surface area contributed by atoms with Gasteiger partial charge in [-0.1, -0.05) is 41.9 Å². The van der Waals surface area contributed by atoms with Gasteiger partial charge in [0.1, 0.15) is 5.75 Å². The Kier molecular flexibility index (Phi) is 6.76. The number of rotatable bonds is 6. The van der Waals surface area contributed by atoms with Crippen LogP contribution < -0.4 is 15.4 Å². The summed E-state index contributed by atoms with van der Waals surface area (Å²) in [7, 11) is 3.44. The van der Waals surface area contributed by atoms with Gasteiger partial charge in [0.05, 0.1) is 7.11 Å². The van der Waals surface area contributed by atoms with Gasteiger partial charge in [-0.2, -0.15) is 0 Å². The summed E-state index contributed by atoms with van der Waals surface area (Å²) in [5, 5.41) is 7.36. The van der Waals surface area contributed by atoms with Gasteiger partial charge in [-0.05, 0) is 30.2 Å². The molecule has 2 aromatic carbocycles. The minimum absolute atomic E-state index is 0.654. The maximum atomic E-state index is 5.99. The lowest BCUT2D eigenvalue weighted by Gasteiger charge is -2.13. The van der Waals surface area contributed by atoms with Crippen LogP contribution >= 0.6 is 11.6 Å². The zero-order valence-electron chi connectivity index (χ0n) is 13.5. The maximum Gasteiger partial charge on any atom is 0.191 e. The van der Waals surface area contributed by atoms with Crippen LogP contribution in [0.1, 0.15) is 11.1 Å². The summed E-state index contributed by atoms with van der Waals surface area (Å²) in [6.45, 7) is 1.44. The van der Waals surface area contributed by atoms with Gasteiger partial charge in [-0.25, -0.2) is 0 Å². The quantitative estimate of drug-likeness (QED) is 0.631. The number of methoxy groups -OCH3 is 1. The number of hydrogen-bond donors (Lipinski definition) is 2. The number of halogens is 1. The summed E-state index contributed by atoms with van der Waals surface area (Å²) in [5.41, 5.74) is 2.29. The number of nitrogens with zero attached hydrogens (tertiary/aromatic N) is 1. The lowest BCUT2D eigenvalue weighted by Crippen LogP contribution is -2.37. The number of aliphatic imine (C=N–C) groups is 1. The van der Waals surface area contributed by atoms with Crippen LogP contribution in [0, 0.1) is 0 Å². The van der Waals surface area contributed by atoms with Crippen LogP contribution in [0.4, 0.5) is 0 Å². The molecule has 0 aromatic heterocycles. The predicted octanol–water partition coefficient (Wildman–Crippen LogP) is 3.26. The molecule has 122 valence electrons. The molecule has 2 N–H and O–H groups in total. The molecule has 0 radical (unpaired) electrons. The van der Waals surface area contributed by atoms with Gasteiger partial charge in [0, 0.05) is 30.7 Å². The molecule has 0 bridgehead atoms. The van der Waals surface area contributed by atoms with Gasteiger partial charge in [-0.3, -0.25) is 4.99 Å². The summed E-state index contributed by atoms with van der Waals surface area (Å²) in [5.74, 6) is 1.63. The zero-order chi connectivity index (χ0) is 16.5. The number of benzene rings is 2. The highest BCUT2D eigenvalue weighted by molar-refractivity contribution is 6.30.